The number of carbonyl (C=O) groups excluding carboxylic acids is 1. The first-order chi connectivity index (χ1) is 6.63. The van der Waals surface area contributed by atoms with Crippen LogP contribution in [0.3, 0.4) is 0 Å². The first-order valence-electron chi connectivity index (χ1n) is 3.78. The van der Waals surface area contributed by atoms with E-state index in [0.29, 0.717) is 16.3 Å². The van der Waals surface area contributed by atoms with Gasteiger partial charge in [0.1, 0.15) is 0 Å². The minimum Gasteiger partial charge on any atom is -0.459 e. The fraction of sp³-hybridized carbons (Fsp3) is 0.100. The second kappa shape index (κ2) is 4.54. The van der Waals surface area contributed by atoms with Crippen molar-refractivity contribution >= 4 is 23.3 Å². The van der Waals surface area contributed by atoms with E-state index in [1.165, 1.54) is 7.11 Å². The van der Waals surface area contributed by atoms with E-state index in [0.717, 1.165) is 0 Å². The third kappa shape index (κ3) is 2.68. The summed E-state index contributed by atoms with van der Waals surface area (Å²) in [7, 11) is 1.27. The van der Waals surface area contributed by atoms with Crippen molar-refractivity contribution in [2.24, 2.45) is 0 Å². The summed E-state index contributed by atoms with van der Waals surface area (Å²) in [5, 5.41) is 0.418. The molecule has 0 heterocycles. The Hall–Kier alpha value is -1.66. The Morgan fingerprint density at radius 1 is 1.57 bits per heavy atom. The summed E-state index contributed by atoms with van der Waals surface area (Å²) in [6.07, 6.45) is 0. The zero-order valence-corrected chi connectivity index (χ0v) is 8.26. The second-order valence-corrected chi connectivity index (χ2v) is 2.89. The number of hydrogen-bond donors (Lipinski definition) is 1. The summed E-state index contributed by atoms with van der Waals surface area (Å²) in [5.41, 5.74) is 6.60. The molecule has 0 unspecified atom stereocenters. The maximum absolute atomic E-state index is 10.7. The van der Waals surface area contributed by atoms with Gasteiger partial charge in [0.05, 0.1) is 17.8 Å². The van der Waals surface area contributed by atoms with Crippen LogP contribution in [0.4, 0.5) is 5.69 Å². The summed E-state index contributed by atoms with van der Waals surface area (Å²) >= 11 is 5.75. The molecule has 1 rings (SSSR count). The van der Waals surface area contributed by atoms with Crippen molar-refractivity contribution in [1.29, 1.82) is 0 Å². The quantitative estimate of drug-likeness (QED) is 0.400. The number of rotatable bonds is 0. The highest BCUT2D eigenvalue weighted by Gasteiger charge is 1.96. The molecule has 0 spiro atoms. The van der Waals surface area contributed by atoms with Gasteiger partial charge in [-0.25, -0.2) is 4.79 Å². The van der Waals surface area contributed by atoms with Crippen LogP contribution in [-0.4, -0.2) is 13.1 Å². The number of nitrogens with two attached hydrogens (primary N) is 1. The maximum atomic E-state index is 10.7. The molecule has 2 N–H and O–H groups in total. The Bertz CT molecular complexity index is 418. The van der Waals surface area contributed by atoms with Crippen molar-refractivity contribution in [2.75, 3.05) is 12.8 Å². The lowest BCUT2D eigenvalue weighted by Crippen LogP contribution is -1.94. The van der Waals surface area contributed by atoms with Crippen molar-refractivity contribution in [2.45, 2.75) is 0 Å². The number of anilines is 1. The van der Waals surface area contributed by atoms with Gasteiger partial charge in [-0.3, -0.25) is 0 Å². The van der Waals surface area contributed by atoms with E-state index in [9.17, 15) is 4.79 Å². The largest absolute Gasteiger partial charge is 0.459 e. The second-order valence-electron chi connectivity index (χ2n) is 2.48. The molecule has 0 fully saturated rings. The number of benzene rings is 1. The minimum absolute atomic E-state index is 0.418. The Kier molecular flexibility index (Phi) is 3.38. The topological polar surface area (TPSA) is 52.3 Å². The van der Waals surface area contributed by atoms with Crippen LogP contribution in [0, 0.1) is 11.8 Å². The van der Waals surface area contributed by atoms with Gasteiger partial charge in [-0.1, -0.05) is 17.5 Å². The van der Waals surface area contributed by atoms with Gasteiger partial charge in [-0.2, -0.15) is 0 Å². The lowest BCUT2D eigenvalue weighted by molar-refractivity contribution is -0.133. The van der Waals surface area contributed by atoms with Crippen molar-refractivity contribution in [3.05, 3.63) is 28.8 Å². The van der Waals surface area contributed by atoms with Gasteiger partial charge in [-0.15, -0.1) is 0 Å². The number of ether oxygens (including phenoxy) is 1. The van der Waals surface area contributed by atoms with Crippen molar-refractivity contribution in [3.63, 3.8) is 0 Å². The van der Waals surface area contributed by atoms with Crippen LogP contribution in [0.25, 0.3) is 0 Å². The van der Waals surface area contributed by atoms with E-state index >= 15 is 0 Å². The van der Waals surface area contributed by atoms with Crippen LogP contribution < -0.4 is 5.73 Å². The molecule has 0 bridgehead atoms. The predicted molar refractivity (Wildman–Crippen MR) is 54.8 cm³/mol. The smallest absolute Gasteiger partial charge is 0.384 e. The number of esters is 1. The zero-order valence-electron chi connectivity index (χ0n) is 7.50. The molecule has 3 nitrogen and oxygen atoms in total. The highest BCUT2D eigenvalue weighted by Crippen LogP contribution is 2.18. The van der Waals surface area contributed by atoms with Gasteiger partial charge in [0.15, 0.2) is 0 Å². The number of carbonyl (C=O) groups is 1. The molecule has 0 amide bonds. The average molecular weight is 210 g/mol. The molecule has 72 valence electrons. The molecule has 0 aliphatic heterocycles. The number of methoxy groups -OCH3 is 1. The first kappa shape index (κ1) is 10.4. The van der Waals surface area contributed by atoms with Gasteiger partial charge in [0.25, 0.3) is 0 Å². The molecule has 0 atom stereocenters. The van der Waals surface area contributed by atoms with E-state index in [1.807, 2.05) is 0 Å². The van der Waals surface area contributed by atoms with Crippen LogP contribution >= 0.6 is 11.6 Å². The highest BCUT2D eigenvalue weighted by molar-refractivity contribution is 6.33. The third-order valence-corrected chi connectivity index (χ3v) is 1.82. The highest BCUT2D eigenvalue weighted by atomic mass is 35.5. The number of hydrogen-bond acceptors (Lipinski definition) is 3. The van der Waals surface area contributed by atoms with Crippen molar-refractivity contribution in [1.82, 2.24) is 0 Å². The molecule has 4 heteroatoms. The van der Waals surface area contributed by atoms with Crippen LogP contribution in [0.5, 0.6) is 0 Å². The summed E-state index contributed by atoms with van der Waals surface area (Å²) in [5.74, 6) is 4.30. The lowest BCUT2D eigenvalue weighted by atomic mass is 10.2. The van der Waals surface area contributed by atoms with E-state index in [4.69, 9.17) is 17.3 Å². The maximum Gasteiger partial charge on any atom is 0.384 e. The van der Waals surface area contributed by atoms with E-state index < -0.39 is 5.97 Å². The summed E-state index contributed by atoms with van der Waals surface area (Å²) in [6.45, 7) is 0. The monoisotopic (exact) mass is 209 g/mol. The van der Waals surface area contributed by atoms with Crippen molar-refractivity contribution < 1.29 is 9.53 Å². The normalized spacial score (nSPS) is 8.71. The molecule has 0 aliphatic carbocycles. The van der Waals surface area contributed by atoms with Crippen molar-refractivity contribution in [3.8, 4) is 11.8 Å². The first-order valence-corrected chi connectivity index (χ1v) is 4.16. The molecule has 1 aromatic rings. The van der Waals surface area contributed by atoms with Gasteiger partial charge in [0.2, 0.25) is 0 Å². The van der Waals surface area contributed by atoms with Crippen LogP contribution in [0.1, 0.15) is 5.56 Å². The molecule has 0 saturated carbocycles. The Morgan fingerprint density at radius 2 is 2.29 bits per heavy atom. The van der Waals surface area contributed by atoms with Gasteiger partial charge >= 0.3 is 5.97 Å². The van der Waals surface area contributed by atoms with Gasteiger partial charge in [0, 0.05) is 11.5 Å². The fourth-order valence-corrected chi connectivity index (χ4v) is 0.960. The zero-order chi connectivity index (χ0) is 10.6. The van der Waals surface area contributed by atoms with Crippen LogP contribution in [0.15, 0.2) is 18.2 Å². The third-order valence-electron chi connectivity index (χ3n) is 1.49. The molecule has 0 aromatic heterocycles. The van der Waals surface area contributed by atoms with Gasteiger partial charge < -0.3 is 10.5 Å². The fourth-order valence-electron chi connectivity index (χ4n) is 0.779. The summed E-state index contributed by atoms with van der Waals surface area (Å²) in [6, 6.07) is 4.90. The summed E-state index contributed by atoms with van der Waals surface area (Å²) < 4.78 is 4.36. The lowest BCUT2D eigenvalue weighted by Gasteiger charge is -1.96. The molecule has 1 aromatic carbocycles. The average Bonchev–Trinajstić information content (AvgIpc) is 2.19. The Labute approximate surface area is 86.8 Å². The summed E-state index contributed by atoms with van der Waals surface area (Å²) in [4.78, 5) is 10.7. The molecule has 14 heavy (non-hydrogen) atoms. The van der Waals surface area contributed by atoms with Crippen LogP contribution in [-0.2, 0) is 9.53 Å². The van der Waals surface area contributed by atoms with E-state index in [-0.39, 0.29) is 0 Å². The van der Waals surface area contributed by atoms with E-state index in [1.54, 1.807) is 18.2 Å². The Morgan fingerprint density at radius 3 is 2.86 bits per heavy atom. The number of halogens is 1. The van der Waals surface area contributed by atoms with E-state index in [2.05, 4.69) is 16.6 Å². The molecular formula is C10H8ClNO2. The molecule has 0 aliphatic rings. The minimum atomic E-state index is -0.585. The predicted octanol–water partition coefficient (Wildman–Crippen LogP) is 1.45. The molecular weight excluding hydrogens is 202 g/mol. The molecule has 0 saturated heterocycles. The Balaban J connectivity index is 2.91. The SMILES string of the molecule is COC(=O)C#Cc1ccc(N)c(Cl)c1. The number of nitrogen functional groups attached to an aromatic ring is 1. The molecule has 0 radical (unpaired) electrons. The standard InChI is InChI=1S/C10H8ClNO2/c1-14-10(13)5-3-7-2-4-9(12)8(11)6-7/h2,4,6H,12H2,1H3. The van der Waals surface area contributed by atoms with Gasteiger partial charge in [-0.05, 0) is 18.2 Å². The van der Waals surface area contributed by atoms with Crippen LogP contribution in [0.2, 0.25) is 5.02 Å².